The molecule has 2 unspecified atom stereocenters. The molecule has 1 aromatic rings. The van der Waals surface area contributed by atoms with Crippen molar-refractivity contribution in [1.82, 2.24) is 0 Å². The first-order valence-corrected chi connectivity index (χ1v) is 7.84. The molecule has 0 nitrogen and oxygen atoms in total. The molecule has 82 valence electrons. The van der Waals surface area contributed by atoms with Crippen molar-refractivity contribution in [2.75, 3.05) is 12.0 Å². The van der Waals surface area contributed by atoms with Gasteiger partial charge in [-0.05, 0) is 48.3 Å². The first-order valence-electron chi connectivity index (χ1n) is 5.53. The highest BCUT2D eigenvalue weighted by Crippen LogP contribution is 2.42. The van der Waals surface area contributed by atoms with Gasteiger partial charge in [0.25, 0.3) is 0 Å². The molecule has 0 saturated heterocycles. The fourth-order valence-electron chi connectivity index (χ4n) is 2.33. The first-order chi connectivity index (χ1) is 7.33. The Morgan fingerprint density at radius 1 is 1.40 bits per heavy atom. The van der Waals surface area contributed by atoms with E-state index in [4.69, 9.17) is 0 Å². The van der Waals surface area contributed by atoms with Gasteiger partial charge in [-0.1, -0.05) is 40.2 Å². The van der Waals surface area contributed by atoms with Gasteiger partial charge >= 0.3 is 0 Å². The van der Waals surface area contributed by atoms with Crippen LogP contribution in [0.5, 0.6) is 0 Å². The second-order valence-corrected chi connectivity index (χ2v) is 6.15. The van der Waals surface area contributed by atoms with Crippen LogP contribution < -0.4 is 0 Å². The van der Waals surface area contributed by atoms with Gasteiger partial charge in [0, 0.05) is 4.83 Å². The third kappa shape index (κ3) is 2.59. The van der Waals surface area contributed by atoms with E-state index in [0.717, 1.165) is 5.92 Å². The van der Waals surface area contributed by atoms with Gasteiger partial charge in [-0.25, -0.2) is 0 Å². The lowest BCUT2D eigenvalue weighted by molar-refractivity contribution is 0.445. The summed E-state index contributed by atoms with van der Waals surface area (Å²) in [4.78, 5) is 0.578. The summed E-state index contributed by atoms with van der Waals surface area (Å²) in [5, 5.41) is 0. The van der Waals surface area contributed by atoms with Gasteiger partial charge in [-0.2, -0.15) is 11.8 Å². The molecule has 1 aliphatic carbocycles. The molecular formula is C13H17BrS. The van der Waals surface area contributed by atoms with E-state index in [0.29, 0.717) is 4.83 Å². The zero-order valence-corrected chi connectivity index (χ0v) is 11.5. The van der Waals surface area contributed by atoms with Crippen LogP contribution in [-0.4, -0.2) is 12.0 Å². The van der Waals surface area contributed by atoms with Crippen molar-refractivity contribution in [1.29, 1.82) is 0 Å². The Balaban J connectivity index is 2.11. The van der Waals surface area contributed by atoms with E-state index >= 15 is 0 Å². The molecule has 15 heavy (non-hydrogen) atoms. The summed E-state index contributed by atoms with van der Waals surface area (Å²) in [5.74, 6) is 2.11. The second-order valence-electron chi connectivity index (χ2n) is 4.18. The van der Waals surface area contributed by atoms with Gasteiger partial charge in [-0.3, -0.25) is 0 Å². The number of hydrogen-bond acceptors (Lipinski definition) is 1. The maximum absolute atomic E-state index is 3.87. The summed E-state index contributed by atoms with van der Waals surface area (Å²) in [7, 11) is 0. The number of alkyl halides is 1. The minimum atomic E-state index is 0.578. The number of hydrogen-bond donors (Lipinski definition) is 0. The molecule has 0 saturated carbocycles. The van der Waals surface area contributed by atoms with Crippen molar-refractivity contribution in [3.63, 3.8) is 0 Å². The van der Waals surface area contributed by atoms with Crippen LogP contribution in [-0.2, 0) is 6.42 Å². The molecule has 2 rings (SSSR count). The van der Waals surface area contributed by atoms with E-state index in [9.17, 15) is 0 Å². The second kappa shape index (κ2) is 5.40. The number of halogens is 1. The van der Waals surface area contributed by atoms with Crippen molar-refractivity contribution < 1.29 is 0 Å². The van der Waals surface area contributed by atoms with Gasteiger partial charge in [0.15, 0.2) is 0 Å². The Morgan fingerprint density at radius 3 is 3.00 bits per heavy atom. The molecule has 1 aromatic carbocycles. The molecule has 2 heteroatoms. The molecule has 0 radical (unpaired) electrons. The number of fused-ring (bicyclic) bond motifs is 1. The highest BCUT2D eigenvalue weighted by atomic mass is 79.9. The molecule has 0 bridgehead atoms. The number of aryl methyl sites for hydroxylation is 1. The molecule has 0 aliphatic heterocycles. The molecule has 0 aromatic heterocycles. The largest absolute Gasteiger partial charge is 0.165 e. The quantitative estimate of drug-likeness (QED) is 0.740. The number of benzene rings is 1. The van der Waals surface area contributed by atoms with Crippen LogP contribution in [0.1, 0.15) is 28.8 Å². The summed E-state index contributed by atoms with van der Waals surface area (Å²) in [6, 6.07) is 8.86. The fraction of sp³-hybridized carbons (Fsp3) is 0.538. The van der Waals surface area contributed by atoms with Crippen molar-refractivity contribution in [2.45, 2.75) is 24.1 Å². The average molecular weight is 285 g/mol. The molecule has 2 atom stereocenters. The number of thioether (sulfide) groups is 1. The zero-order valence-electron chi connectivity index (χ0n) is 9.08. The van der Waals surface area contributed by atoms with Crippen LogP contribution in [0, 0.1) is 5.92 Å². The maximum Gasteiger partial charge on any atom is 0.0426 e. The van der Waals surface area contributed by atoms with Gasteiger partial charge < -0.3 is 0 Å². The summed E-state index contributed by atoms with van der Waals surface area (Å²) in [5.41, 5.74) is 3.06. The van der Waals surface area contributed by atoms with E-state index in [1.165, 1.54) is 30.6 Å². The standard InChI is InChI=1S/C13H17BrS/c1-15-9-8-11-7-6-10-4-2-3-5-12(10)13(11)14/h2-5,11,13H,6-9H2,1H3. The van der Waals surface area contributed by atoms with Gasteiger partial charge in [0.2, 0.25) is 0 Å². The Bertz CT molecular complexity index is 324. The third-order valence-corrected chi connectivity index (χ3v) is 5.13. The minimum absolute atomic E-state index is 0.578. The molecule has 0 spiro atoms. The highest BCUT2D eigenvalue weighted by Gasteiger charge is 2.26. The lowest BCUT2D eigenvalue weighted by Gasteiger charge is -2.29. The minimum Gasteiger partial charge on any atom is -0.165 e. The highest BCUT2D eigenvalue weighted by molar-refractivity contribution is 9.09. The van der Waals surface area contributed by atoms with E-state index in [1.54, 1.807) is 5.56 Å². The summed E-state index contributed by atoms with van der Waals surface area (Å²) in [6.07, 6.45) is 6.14. The van der Waals surface area contributed by atoms with Crippen molar-refractivity contribution in [3.8, 4) is 0 Å². The van der Waals surface area contributed by atoms with Crippen LogP contribution in [0.2, 0.25) is 0 Å². The average Bonchev–Trinajstić information content (AvgIpc) is 2.29. The van der Waals surface area contributed by atoms with Gasteiger partial charge in [0.1, 0.15) is 0 Å². The first kappa shape index (κ1) is 11.5. The lowest BCUT2D eigenvalue weighted by atomic mass is 9.82. The van der Waals surface area contributed by atoms with Crippen LogP contribution in [0.4, 0.5) is 0 Å². The van der Waals surface area contributed by atoms with Crippen LogP contribution in [0.25, 0.3) is 0 Å². The molecule has 0 amide bonds. The van der Waals surface area contributed by atoms with E-state index in [1.807, 2.05) is 11.8 Å². The van der Waals surface area contributed by atoms with E-state index < -0.39 is 0 Å². The van der Waals surface area contributed by atoms with Crippen molar-refractivity contribution in [2.24, 2.45) is 5.92 Å². The third-order valence-electron chi connectivity index (χ3n) is 3.24. The summed E-state index contributed by atoms with van der Waals surface area (Å²) >= 11 is 5.83. The maximum atomic E-state index is 3.87. The molecule has 0 N–H and O–H groups in total. The zero-order chi connectivity index (χ0) is 10.7. The topological polar surface area (TPSA) is 0 Å². The van der Waals surface area contributed by atoms with Crippen molar-refractivity contribution >= 4 is 27.7 Å². The van der Waals surface area contributed by atoms with E-state index in [2.05, 4.69) is 46.5 Å². The van der Waals surface area contributed by atoms with Crippen LogP contribution in [0.15, 0.2) is 24.3 Å². The molecule has 0 fully saturated rings. The number of rotatable bonds is 3. The van der Waals surface area contributed by atoms with E-state index in [-0.39, 0.29) is 0 Å². The lowest BCUT2D eigenvalue weighted by Crippen LogP contribution is -2.17. The Labute approximate surface area is 105 Å². The predicted octanol–water partition coefficient (Wildman–Crippen LogP) is 4.44. The summed E-state index contributed by atoms with van der Waals surface area (Å²) < 4.78 is 0. The predicted molar refractivity (Wildman–Crippen MR) is 72.9 cm³/mol. The SMILES string of the molecule is CSCCC1CCc2ccccc2C1Br. The Morgan fingerprint density at radius 2 is 2.20 bits per heavy atom. The Hall–Kier alpha value is 0.0500. The Kier molecular flexibility index (Phi) is 4.15. The molecule has 0 heterocycles. The normalized spacial score (nSPS) is 24.9. The molecular weight excluding hydrogens is 268 g/mol. The fourth-order valence-corrected chi connectivity index (χ4v) is 3.85. The van der Waals surface area contributed by atoms with Crippen molar-refractivity contribution in [3.05, 3.63) is 35.4 Å². The monoisotopic (exact) mass is 284 g/mol. The van der Waals surface area contributed by atoms with Gasteiger partial charge in [0.05, 0.1) is 0 Å². The van der Waals surface area contributed by atoms with Crippen LogP contribution in [0.3, 0.4) is 0 Å². The van der Waals surface area contributed by atoms with Gasteiger partial charge in [-0.15, -0.1) is 0 Å². The smallest absolute Gasteiger partial charge is 0.0426 e. The summed E-state index contributed by atoms with van der Waals surface area (Å²) in [6.45, 7) is 0. The molecule has 1 aliphatic rings. The van der Waals surface area contributed by atoms with Crippen LogP contribution >= 0.6 is 27.7 Å².